The van der Waals surface area contributed by atoms with Crippen molar-refractivity contribution in [1.82, 2.24) is 0 Å². The van der Waals surface area contributed by atoms with Crippen LogP contribution >= 0.6 is 11.8 Å². The average molecular weight is 780 g/mol. The maximum Gasteiger partial charge on any atom is 0.323 e. The lowest BCUT2D eigenvalue weighted by Crippen LogP contribution is -2.38. The first-order valence-electron chi connectivity index (χ1n) is 21.1. The molecule has 0 heterocycles. The third kappa shape index (κ3) is 35.3. The number of aliphatic carboxylic acids is 1. The molecule has 9 nitrogen and oxygen atoms in total. The molecule has 312 valence electrons. The van der Waals surface area contributed by atoms with Crippen LogP contribution in [-0.4, -0.2) is 75.7 Å². The molecule has 0 aromatic heterocycles. The van der Waals surface area contributed by atoms with Gasteiger partial charge in [-0.25, -0.2) is 0 Å². The summed E-state index contributed by atoms with van der Waals surface area (Å²) in [6.45, 7) is 3.84. The molecule has 0 aromatic rings. The van der Waals surface area contributed by atoms with E-state index in [1.54, 1.807) is 0 Å². The second-order valence-electron chi connectivity index (χ2n) is 14.3. The van der Waals surface area contributed by atoms with E-state index in [0.717, 1.165) is 32.1 Å². The number of carboxylic acid groups (broad SMARTS) is 1. The fourth-order valence-electron chi connectivity index (χ4n) is 5.70. The van der Waals surface area contributed by atoms with Crippen molar-refractivity contribution in [1.29, 1.82) is 0 Å². The molecule has 0 aliphatic heterocycles. The van der Waals surface area contributed by atoms with Gasteiger partial charge in [0.05, 0.1) is 6.10 Å². The van der Waals surface area contributed by atoms with Crippen molar-refractivity contribution in [3.05, 3.63) is 48.6 Å². The van der Waals surface area contributed by atoms with Crippen LogP contribution in [0.15, 0.2) is 48.6 Å². The van der Waals surface area contributed by atoms with Crippen LogP contribution in [-0.2, 0) is 23.9 Å². The van der Waals surface area contributed by atoms with Crippen molar-refractivity contribution >= 4 is 29.7 Å². The molecule has 0 radical (unpaired) electrons. The maximum absolute atomic E-state index is 12.5. The van der Waals surface area contributed by atoms with Gasteiger partial charge in [0.25, 0.3) is 0 Å². The number of unbranched alkanes of at least 4 members (excludes halogenated alkanes) is 17. The summed E-state index contributed by atoms with van der Waals surface area (Å²) in [4.78, 5) is 35.5. The number of rotatable bonds is 38. The molecular formula is C44H77NO8S. The number of allylic oxidation sites excluding steroid dienone is 7. The van der Waals surface area contributed by atoms with E-state index in [1.165, 1.54) is 108 Å². The van der Waals surface area contributed by atoms with Gasteiger partial charge in [0, 0.05) is 23.8 Å². The van der Waals surface area contributed by atoms with Crippen molar-refractivity contribution in [3.63, 3.8) is 0 Å². The number of aliphatic hydroxyl groups is 2. The summed E-state index contributed by atoms with van der Waals surface area (Å²) in [5, 5.41) is 29.5. The number of nitrogens with two attached hydrogens (primary N) is 1. The molecule has 0 aromatic carbocycles. The van der Waals surface area contributed by atoms with Gasteiger partial charge in [-0.05, 0) is 38.5 Å². The Morgan fingerprint density at radius 2 is 1.20 bits per heavy atom. The van der Waals surface area contributed by atoms with Crippen molar-refractivity contribution in [3.8, 4) is 0 Å². The van der Waals surface area contributed by atoms with E-state index in [0.29, 0.717) is 12.8 Å². The van der Waals surface area contributed by atoms with Crippen LogP contribution in [0.5, 0.6) is 0 Å². The Bertz CT molecular complexity index is 1030. The second-order valence-corrected chi connectivity index (χ2v) is 15.5. The van der Waals surface area contributed by atoms with Crippen LogP contribution in [0.25, 0.3) is 0 Å². The SMILES string of the molecule is CCCCC/C=C\C\C=C/C=C/C=C/[C@@H](SC[C@H](N)C(=O)OC[C@H](O)COC(=O)CCCCCCCCCCCCCCCCC)[C@@H](O)CCCC(=O)O. The third-order valence-electron chi connectivity index (χ3n) is 9.06. The van der Waals surface area contributed by atoms with Crippen LogP contribution in [0, 0.1) is 0 Å². The molecule has 54 heavy (non-hydrogen) atoms. The lowest BCUT2D eigenvalue weighted by Gasteiger charge is -2.21. The Kier molecular flexibility index (Phi) is 37.1. The minimum Gasteiger partial charge on any atom is -0.481 e. The van der Waals surface area contributed by atoms with Gasteiger partial charge in [0.1, 0.15) is 25.4 Å². The Labute approximate surface area is 332 Å². The molecule has 0 aliphatic carbocycles. The zero-order valence-electron chi connectivity index (χ0n) is 33.9. The van der Waals surface area contributed by atoms with E-state index in [2.05, 4.69) is 32.1 Å². The number of carbonyl (C=O) groups is 3. The summed E-state index contributed by atoms with van der Waals surface area (Å²) < 4.78 is 10.3. The first kappa shape index (κ1) is 51.6. The van der Waals surface area contributed by atoms with E-state index >= 15 is 0 Å². The van der Waals surface area contributed by atoms with Crippen molar-refractivity contribution < 1.29 is 39.2 Å². The minimum absolute atomic E-state index is 0.0428. The van der Waals surface area contributed by atoms with Gasteiger partial charge in [-0.1, -0.05) is 165 Å². The van der Waals surface area contributed by atoms with E-state index < -0.39 is 35.4 Å². The lowest BCUT2D eigenvalue weighted by atomic mass is 10.0. The summed E-state index contributed by atoms with van der Waals surface area (Å²) in [7, 11) is 0. The van der Waals surface area contributed by atoms with Gasteiger partial charge >= 0.3 is 17.9 Å². The number of carboxylic acids is 1. The lowest BCUT2D eigenvalue weighted by molar-refractivity contribution is -0.153. The number of carbonyl (C=O) groups excluding carboxylic acids is 2. The van der Waals surface area contributed by atoms with Gasteiger partial charge in [0.2, 0.25) is 0 Å². The van der Waals surface area contributed by atoms with E-state index in [4.69, 9.17) is 20.3 Å². The van der Waals surface area contributed by atoms with Crippen molar-refractivity contribution in [2.75, 3.05) is 19.0 Å². The molecule has 5 N–H and O–H groups in total. The summed E-state index contributed by atoms with van der Waals surface area (Å²) >= 11 is 1.27. The molecule has 0 saturated carbocycles. The van der Waals surface area contributed by atoms with Gasteiger partial charge in [-0.3, -0.25) is 14.4 Å². The Morgan fingerprint density at radius 1 is 0.648 bits per heavy atom. The van der Waals surface area contributed by atoms with Gasteiger partial charge < -0.3 is 30.5 Å². The summed E-state index contributed by atoms with van der Waals surface area (Å²) in [6, 6.07) is -1.01. The van der Waals surface area contributed by atoms with E-state index in [1.807, 2.05) is 30.4 Å². The standard InChI is InChI=1S/C44H77NO8S/c1-3-5-7-9-11-13-15-17-18-19-21-23-25-27-29-34-43(50)52-35-38(46)36-53-44(51)39(45)37-54-41(40(47)31-30-33-42(48)49)32-28-26-24-22-20-16-14-12-10-8-6-4-2/h12,14,20,22,24,26,28,32,38-41,46-47H,3-11,13,15-19,21,23,25,27,29-31,33-37,45H2,1-2H3,(H,48,49)/b14-12-,22-20-,26-24+,32-28+/t38-,39+,40+,41-/m1/s1. The smallest absolute Gasteiger partial charge is 0.323 e. The molecular weight excluding hydrogens is 703 g/mol. The summed E-state index contributed by atoms with van der Waals surface area (Å²) in [5.74, 6) is -1.87. The molecule has 0 fully saturated rings. The molecule has 0 bridgehead atoms. The number of thioether (sulfide) groups is 1. The predicted molar refractivity (Wildman–Crippen MR) is 225 cm³/mol. The highest BCUT2D eigenvalue weighted by Gasteiger charge is 2.23. The van der Waals surface area contributed by atoms with Crippen molar-refractivity contribution in [2.45, 2.75) is 191 Å². The zero-order chi connectivity index (χ0) is 39.9. The van der Waals surface area contributed by atoms with Crippen LogP contribution in [0.1, 0.15) is 168 Å². The Morgan fingerprint density at radius 3 is 1.81 bits per heavy atom. The Balaban J connectivity index is 4.31. The largest absolute Gasteiger partial charge is 0.481 e. The quantitative estimate of drug-likeness (QED) is 0.0206. The maximum atomic E-state index is 12.5. The molecule has 10 heteroatoms. The van der Waals surface area contributed by atoms with Crippen molar-refractivity contribution in [2.24, 2.45) is 5.73 Å². The van der Waals surface area contributed by atoms with E-state index in [9.17, 15) is 24.6 Å². The van der Waals surface area contributed by atoms with Crippen LogP contribution in [0.2, 0.25) is 0 Å². The predicted octanol–water partition coefficient (Wildman–Crippen LogP) is 9.94. The van der Waals surface area contributed by atoms with Crippen LogP contribution in [0.4, 0.5) is 0 Å². The number of hydrogen-bond donors (Lipinski definition) is 4. The fourth-order valence-corrected chi connectivity index (χ4v) is 6.83. The molecule has 0 amide bonds. The second kappa shape index (κ2) is 38.9. The number of ether oxygens (including phenoxy) is 2. The number of esters is 2. The topological polar surface area (TPSA) is 156 Å². The molecule has 0 unspecified atom stereocenters. The minimum atomic E-state index is -1.16. The zero-order valence-corrected chi connectivity index (χ0v) is 34.7. The molecule has 0 spiro atoms. The summed E-state index contributed by atoms with van der Waals surface area (Å²) in [6.07, 6.45) is 39.0. The third-order valence-corrected chi connectivity index (χ3v) is 10.5. The first-order chi connectivity index (χ1) is 26.2. The van der Waals surface area contributed by atoms with Crippen LogP contribution < -0.4 is 5.73 Å². The highest BCUT2D eigenvalue weighted by molar-refractivity contribution is 8.00. The van der Waals surface area contributed by atoms with Gasteiger partial charge in [-0.15, -0.1) is 11.8 Å². The Hall–Kier alpha value is -2.40. The number of hydrogen-bond acceptors (Lipinski definition) is 9. The molecule has 0 rings (SSSR count). The normalized spacial score (nSPS) is 14.3. The first-order valence-corrected chi connectivity index (χ1v) is 22.2. The van der Waals surface area contributed by atoms with E-state index in [-0.39, 0.29) is 37.8 Å². The highest BCUT2D eigenvalue weighted by Crippen LogP contribution is 2.22. The van der Waals surface area contributed by atoms with Gasteiger partial charge in [-0.2, -0.15) is 0 Å². The highest BCUT2D eigenvalue weighted by atomic mass is 32.2. The van der Waals surface area contributed by atoms with Gasteiger partial charge in [0.15, 0.2) is 0 Å². The molecule has 0 aliphatic rings. The number of aliphatic hydroxyl groups excluding tert-OH is 2. The molecule has 4 atom stereocenters. The molecule has 0 saturated heterocycles. The average Bonchev–Trinajstić information content (AvgIpc) is 3.15. The van der Waals surface area contributed by atoms with Crippen LogP contribution in [0.3, 0.4) is 0 Å². The summed E-state index contributed by atoms with van der Waals surface area (Å²) in [5.41, 5.74) is 6.06. The monoisotopic (exact) mass is 780 g/mol. The fraction of sp³-hybridized carbons (Fsp3) is 0.750.